The Morgan fingerprint density at radius 1 is 1.35 bits per heavy atom. The molecule has 1 aliphatic heterocycles. The molecule has 106 valence electrons. The summed E-state index contributed by atoms with van der Waals surface area (Å²) in [5.41, 5.74) is 0.516. The number of hydrogen-bond donors (Lipinski definition) is 0. The van der Waals surface area contributed by atoms with Crippen molar-refractivity contribution >= 4 is 28.5 Å². The Kier molecular flexibility index (Phi) is 4.33. The number of amides is 1. The molecule has 3 nitrogen and oxygen atoms in total. The Labute approximate surface area is 124 Å². The van der Waals surface area contributed by atoms with Gasteiger partial charge in [0.05, 0.1) is 11.2 Å². The Morgan fingerprint density at radius 2 is 2.00 bits per heavy atom. The van der Waals surface area contributed by atoms with Crippen LogP contribution in [0, 0.1) is 0 Å². The van der Waals surface area contributed by atoms with Crippen molar-refractivity contribution in [1.82, 2.24) is 4.90 Å². The highest BCUT2D eigenvalue weighted by atomic mass is 32.2. The van der Waals surface area contributed by atoms with Crippen LogP contribution in [0.4, 0.5) is 5.69 Å². The number of rotatable bonds is 3. The third kappa shape index (κ3) is 2.52. The van der Waals surface area contributed by atoms with Gasteiger partial charge in [0, 0.05) is 11.3 Å². The van der Waals surface area contributed by atoms with Crippen LogP contribution in [0.2, 0.25) is 0 Å². The summed E-state index contributed by atoms with van der Waals surface area (Å²) in [7, 11) is 0. The molecule has 1 amide bonds. The molecule has 1 aliphatic rings. The molecular weight excluding hydrogens is 268 g/mol. The first-order valence-electron chi connectivity index (χ1n) is 6.87. The fourth-order valence-electron chi connectivity index (χ4n) is 2.18. The number of thioether (sulfide) groups is 1. The van der Waals surface area contributed by atoms with Gasteiger partial charge in [-0.1, -0.05) is 50.4 Å². The van der Waals surface area contributed by atoms with Gasteiger partial charge in [-0.25, -0.2) is 4.99 Å². The Balaban J connectivity index is 2.45. The van der Waals surface area contributed by atoms with Crippen molar-refractivity contribution < 1.29 is 4.79 Å². The Hall–Kier alpha value is -1.55. The summed E-state index contributed by atoms with van der Waals surface area (Å²) in [5.74, 6) is 0.0928. The van der Waals surface area contributed by atoms with Crippen LogP contribution in [0.3, 0.4) is 0 Å². The number of benzene rings is 1. The zero-order valence-corrected chi connectivity index (χ0v) is 13.0. The van der Waals surface area contributed by atoms with Crippen LogP contribution in [-0.2, 0) is 4.79 Å². The van der Waals surface area contributed by atoms with Crippen molar-refractivity contribution in [2.75, 3.05) is 0 Å². The van der Waals surface area contributed by atoms with E-state index in [4.69, 9.17) is 0 Å². The zero-order valence-electron chi connectivity index (χ0n) is 12.2. The van der Waals surface area contributed by atoms with E-state index < -0.39 is 0 Å². The van der Waals surface area contributed by atoms with E-state index in [1.165, 1.54) is 11.8 Å². The van der Waals surface area contributed by atoms with Gasteiger partial charge in [0.25, 0.3) is 0 Å². The van der Waals surface area contributed by atoms with E-state index in [0.29, 0.717) is 6.42 Å². The molecule has 0 unspecified atom stereocenters. The second kappa shape index (κ2) is 5.83. The van der Waals surface area contributed by atoms with Crippen LogP contribution in [0.5, 0.6) is 0 Å². The monoisotopic (exact) mass is 288 g/mol. The summed E-state index contributed by atoms with van der Waals surface area (Å²) in [6.07, 6.45) is 1.30. The first-order valence-corrected chi connectivity index (χ1v) is 7.68. The van der Waals surface area contributed by atoms with E-state index in [1.807, 2.05) is 42.2 Å². The van der Waals surface area contributed by atoms with Crippen LogP contribution in [0.15, 0.2) is 46.8 Å². The van der Waals surface area contributed by atoms with Crippen LogP contribution < -0.4 is 0 Å². The van der Waals surface area contributed by atoms with E-state index in [0.717, 1.165) is 22.2 Å². The number of para-hydroxylation sites is 1. The molecule has 1 aromatic carbocycles. The smallest absolute Gasteiger partial charge is 0.229 e. The van der Waals surface area contributed by atoms with E-state index >= 15 is 0 Å². The molecule has 0 spiro atoms. The average molecular weight is 288 g/mol. The number of hydrogen-bond acceptors (Lipinski definition) is 3. The van der Waals surface area contributed by atoms with Crippen molar-refractivity contribution in [3.63, 3.8) is 0 Å². The van der Waals surface area contributed by atoms with E-state index in [9.17, 15) is 4.79 Å². The number of carbonyl (C=O) groups excluding carboxylic acids is 1. The second-order valence-corrected chi connectivity index (χ2v) is 6.03. The molecule has 4 heteroatoms. The minimum absolute atomic E-state index is 0.0928. The minimum atomic E-state index is -0.342. The third-order valence-corrected chi connectivity index (χ3v) is 4.86. The molecule has 0 radical (unpaired) electrons. The van der Waals surface area contributed by atoms with E-state index in [-0.39, 0.29) is 11.4 Å². The summed E-state index contributed by atoms with van der Waals surface area (Å²) in [6.45, 7) is 10.1. The highest BCUT2D eigenvalue weighted by molar-refractivity contribution is 8.17. The highest BCUT2D eigenvalue weighted by Crippen LogP contribution is 2.45. The van der Waals surface area contributed by atoms with E-state index in [1.54, 1.807) is 0 Å². The van der Waals surface area contributed by atoms with Gasteiger partial charge in [0.15, 0.2) is 5.17 Å². The number of aliphatic imine (C=N–C) groups is 1. The second-order valence-electron chi connectivity index (χ2n) is 4.97. The highest BCUT2D eigenvalue weighted by Gasteiger charge is 2.45. The quantitative estimate of drug-likeness (QED) is 0.828. The van der Waals surface area contributed by atoms with E-state index in [2.05, 4.69) is 25.4 Å². The van der Waals surface area contributed by atoms with Gasteiger partial charge in [-0.15, -0.1) is 0 Å². The van der Waals surface area contributed by atoms with Crippen LogP contribution in [0.1, 0.15) is 33.6 Å². The largest absolute Gasteiger partial charge is 0.280 e. The van der Waals surface area contributed by atoms with Crippen molar-refractivity contribution in [1.29, 1.82) is 0 Å². The maximum absolute atomic E-state index is 12.3. The Bertz CT molecular complexity index is 553. The van der Waals surface area contributed by atoms with Gasteiger partial charge in [-0.2, -0.15) is 0 Å². The van der Waals surface area contributed by atoms with Gasteiger partial charge >= 0.3 is 0 Å². The first-order chi connectivity index (χ1) is 9.52. The topological polar surface area (TPSA) is 32.7 Å². The summed E-state index contributed by atoms with van der Waals surface area (Å²) in [4.78, 5) is 19.7. The predicted molar refractivity (Wildman–Crippen MR) is 86.1 cm³/mol. The van der Waals surface area contributed by atoms with Gasteiger partial charge in [-0.05, 0) is 25.5 Å². The molecule has 1 saturated heterocycles. The lowest BCUT2D eigenvalue weighted by Gasteiger charge is -2.33. The van der Waals surface area contributed by atoms with Gasteiger partial charge < -0.3 is 0 Å². The normalized spacial score (nSPS) is 24.4. The number of amidine groups is 1. The van der Waals surface area contributed by atoms with Crippen LogP contribution >= 0.6 is 11.8 Å². The van der Waals surface area contributed by atoms with Gasteiger partial charge in [0.1, 0.15) is 0 Å². The Morgan fingerprint density at radius 3 is 2.55 bits per heavy atom. The molecule has 1 heterocycles. The fourth-order valence-corrected chi connectivity index (χ4v) is 3.40. The molecule has 20 heavy (non-hydrogen) atoms. The molecule has 0 bridgehead atoms. The summed E-state index contributed by atoms with van der Waals surface area (Å²) in [6, 6.07) is 9.71. The molecule has 1 fully saturated rings. The minimum Gasteiger partial charge on any atom is -0.280 e. The van der Waals surface area contributed by atoms with Crippen LogP contribution in [-0.4, -0.2) is 21.5 Å². The lowest BCUT2D eigenvalue weighted by molar-refractivity contribution is -0.129. The SMILES string of the molecule is C=C1SC(=Nc2ccccc2)N(C(=O)CC)[C@]1(C)CC. The van der Waals surface area contributed by atoms with Crippen molar-refractivity contribution in [2.24, 2.45) is 4.99 Å². The number of carbonyl (C=O) groups is 1. The lowest BCUT2D eigenvalue weighted by atomic mass is 9.96. The molecule has 0 aliphatic carbocycles. The first kappa shape index (κ1) is 14.9. The standard InChI is InChI=1S/C16H20N2OS/c1-5-14(19)18-15(17-13-10-8-7-9-11-13)20-12(3)16(18,4)6-2/h7-11H,3,5-6H2,1-2,4H3/t16-/m1/s1. The maximum atomic E-state index is 12.3. The van der Waals surface area contributed by atoms with Crippen LogP contribution in [0.25, 0.3) is 0 Å². The predicted octanol–water partition coefficient (Wildman–Crippen LogP) is 4.34. The number of nitrogens with zero attached hydrogens (tertiary/aromatic N) is 2. The molecule has 0 aromatic heterocycles. The van der Waals surface area contributed by atoms with Crippen molar-refractivity contribution in [3.05, 3.63) is 41.8 Å². The molecule has 1 atom stereocenters. The van der Waals surface area contributed by atoms with Gasteiger partial charge in [0.2, 0.25) is 5.91 Å². The van der Waals surface area contributed by atoms with Gasteiger partial charge in [-0.3, -0.25) is 9.69 Å². The molecular formula is C16H20N2OS. The van der Waals surface area contributed by atoms with Crippen molar-refractivity contribution in [3.8, 4) is 0 Å². The van der Waals surface area contributed by atoms with Crippen molar-refractivity contribution in [2.45, 2.75) is 39.2 Å². The fraction of sp³-hybridized carbons (Fsp3) is 0.375. The lowest BCUT2D eigenvalue weighted by Crippen LogP contribution is -2.47. The third-order valence-electron chi connectivity index (χ3n) is 3.72. The summed E-state index contributed by atoms with van der Waals surface area (Å²) in [5, 5.41) is 0.734. The maximum Gasteiger partial charge on any atom is 0.229 e. The average Bonchev–Trinajstić information content (AvgIpc) is 2.71. The summed E-state index contributed by atoms with van der Waals surface area (Å²) < 4.78 is 0. The molecule has 1 aromatic rings. The summed E-state index contributed by atoms with van der Waals surface area (Å²) >= 11 is 1.50. The molecule has 2 rings (SSSR count). The molecule has 0 saturated carbocycles. The molecule has 0 N–H and O–H groups in total. The zero-order chi connectivity index (χ0) is 14.8.